The molecule has 2 aliphatic rings. The predicted octanol–water partition coefficient (Wildman–Crippen LogP) is 2.36. The molecule has 0 aliphatic carbocycles. The van der Waals surface area contributed by atoms with Gasteiger partial charge in [0.1, 0.15) is 0 Å². The Hall–Kier alpha value is -2.38. The molecule has 1 aromatic carbocycles. The van der Waals surface area contributed by atoms with Crippen molar-refractivity contribution >= 4 is 11.6 Å². The van der Waals surface area contributed by atoms with Gasteiger partial charge in [0.05, 0.1) is 18.3 Å². The van der Waals surface area contributed by atoms with Crippen LogP contribution >= 0.6 is 0 Å². The van der Waals surface area contributed by atoms with Gasteiger partial charge in [0.2, 0.25) is 0 Å². The molecule has 2 fully saturated rings. The number of aliphatic hydroxyl groups excluding tert-OH is 1. The quantitative estimate of drug-likeness (QED) is 0.743. The topological polar surface area (TPSA) is 73.6 Å². The molecule has 3 heterocycles. The summed E-state index contributed by atoms with van der Waals surface area (Å²) in [5.41, 5.74) is 4.18. The minimum absolute atomic E-state index is 0.0239. The van der Waals surface area contributed by atoms with Gasteiger partial charge in [-0.3, -0.25) is 9.48 Å². The Morgan fingerprint density at radius 2 is 1.87 bits per heavy atom. The first-order chi connectivity index (χ1) is 15.0. The van der Waals surface area contributed by atoms with Crippen molar-refractivity contribution in [2.24, 2.45) is 0 Å². The van der Waals surface area contributed by atoms with Gasteiger partial charge in [0.15, 0.2) is 0 Å². The fourth-order valence-corrected chi connectivity index (χ4v) is 4.75. The molecule has 168 valence electrons. The van der Waals surface area contributed by atoms with Gasteiger partial charge in [-0.15, -0.1) is 0 Å². The summed E-state index contributed by atoms with van der Waals surface area (Å²) in [7, 11) is 0. The Morgan fingerprint density at radius 3 is 2.52 bits per heavy atom. The predicted molar refractivity (Wildman–Crippen MR) is 123 cm³/mol. The van der Waals surface area contributed by atoms with Crippen LogP contribution in [0.1, 0.15) is 47.4 Å². The summed E-state index contributed by atoms with van der Waals surface area (Å²) in [6, 6.07) is 10.6. The molecule has 1 aromatic heterocycles. The summed E-state index contributed by atoms with van der Waals surface area (Å²) in [6.45, 7) is 9.20. The number of amides is 1. The van der Waals surface area contributed by atoms with Crippen LogP contribution in [-0.4, -0.2) is 70.6 Å². The van der Waals surface area contributed by atoms with Gasteiger partial charge in [-0.2, -0.15) is 5.10 Å². The molecule has 0 unspecified atom stereocenters. The molecular weight excluding hydrogens is 390 g/mol. The number of nitrogens with zero attached hydrogens (tertiary/aromatic N) is 4. The van der Waals surface area contributed by atoms with Gasteiger partial charge in [-0.05, 0) is 69.9 Å². The molecule has 4 rings (SSSR count). The second-order valence-corrected chi connectivity index (χ2v) is 8.96. The maximum atomic E-state index is 12.7. The second-order valence-electron chi connectivity index (χ2n) is 8.96. The molecule has 2 saturated heterocycles. The number of likely N-dealkylation sites (tertiary alicyclic amines) is 1. The van der Waals surface area contributed by atoms with Crippen LogP contribution in [0, 0.1) is 13.8 Å². The van der Waals surface area contributed by atoms with E-state index in [0.29, 0.717) is 18.2 Å². The van der Waals surface area contributed by atoms with E-state index in [9.17, 15) is 9.90 Å². The minimum Gasteiger partial charge on any atom is -0.391 e. The van der Waals surface area contributed by atoms with Gasteiger partial charge in [0, 0.05) is 55.7 Å². The largest absolute Gasteiger partial charge is 0.391 e. The Morgan fingerprint density at radius 1 is 1.13 bits per heavy atom. The van der Waals surface area contributed by atoms with Crippen LogP contribution in [0.3, 0.4) is 0 Å². The van der Waals surface area contributed by atoms with Crippen LogP contribution in [0.25, 0.3) is 0 Å². The molecule has 7 nitrogen and oxygen atoms in total. The standard InChI is InChI=1S/C24H35N5O2/c1-18-16-19(2)29(26-18)15-11-25-21-9-13-27(14-10-21)22-7-5-20(6-8-22)24(31)28-12-3-4-23(30)17-28/h5-8,16,21,23,25,30H,3-4,9-15,17H2,1-2H3/t23-/m0/s1. The van der Waals surface area contributed by atoms with Crippen molar-refractivity contribution in [2.45, 2.75) is 58.2 Å². The molecule has 2 aliphatic heterocycles. The summed E-state index contributed by atoms with van der Waals surface area (Å²) in [6.07, 6.45) is 3.50. The highest BCUT2D eigenvalue weighted by Crippen LogP contribution is 2.22. The van der Waals surface area contributed by atoms with E-state index in [2.05, 4.69) is 45.1 Å². The number of carbonyl (C=O) groups excluding carboxylic acids is 1. The van der Waals surface area contributed by atoms with Crippen molar-refractivity contribution in [2.75, 3.05) is 37.6 Å². The Balaban J connectivity index is 1.23. The van der Waals surface area contributed by atoms with E-state index < -0.39 is 0 Å². The van der Waals surface area contributed by atoms with E-state index in [1.807, 2.05) is 19.1 Å². The average Bonchev–Trinajstić information content (AvgIpc) is 3.10. The van der Waals surface area contributed by atoms with Crippen molar-refractivity contribution in [1.29, 1.82) is 0 Å². The molecule has 2 aromatic rings. The van der Waals surface area contributed by atoms with E-state index in [4.69, 9.17) is 0 Å². The van der Waals surface area contributed by atoms with Crippen LogP contribution in [0.2, 0.25) is 0 Å². The SMILES string of the molecule is Cc1cc(C)n(CCNC2CCN(c3ccc(C(=O)N4CCC[C@H](O)C4)cc3)CC2)n1. The van der Waals surface area contributed by atoms with Gasteiger partial charge in [-0.25, -0.2) is 0 Å². The van der Waals surface area contributed by atoms with Crippen LogP contribution in [-0.2, 0) is 6.54 Å². The maximum Gasteiger partial charge on any atom is 0.253 e. The summed E-state index contributed by atoms with van der Waals surface area (Å²) < 4.78 is 2.07. The number of carbonyl (C=O) groups is 1. The summed E-state index contributed by atoms with van der Waals surface area (Å²) >= 11 is 0. The fourth-order valence-electron chi connectivity index (χ4n) is 4.75. The summed E-state index contributed by atoms with van der Waals surface area (Å²) in [5.74, 6) is 0.0239. The van der Waals surface area contributed by atoms with Crippen LogP contribution in [0.4, 0.5) is 5.69 Å². The zero-order chi connectivity index (χ0) is 21.8. The minimum atomic E-state index is -0.389. The number of rotatable bonds is 6. The zero-order valence-corrected chi connectivity index (χ0v) is 18.8. The lowest BCUT2D eigenvalue weighted by Gasteiger charge is -2.34. The molecular formula is C24H35N5O2. The lowest BCUT2D eigenvalue weighted by atomic mass is 10.0. The van der Waals surface area contributed by atoms with Gasteiger partial charge in [-0.1, -0.05) is 0 Å². The number of hydrogen-bond acceptors (Lipinski definition) is 5. The first-order valence-corrected chi connectivity index (χ1v) is 11.6. The number of anilines is 1. The van der Waals surface area contributed by atoms with Gasteiger partial charge < -0.3 is 20.2 Å². The van der Waals surface area contributed by atoms with Crippen molar-refractivity contribution < 1.29 is 9.90 Å². The molecule has 0 spiro atoms. The average molecular weight is 426 g/mol. The number of aromatic nitrogens is 2. The lowest BCUT2D eigenvalue weighted by Crippen LogP contribution is -2.43. The number of aryl methyl sites for hydroxylation is 2. The third kappa shape index (κ3) is 5.46. The number of aliphatic hydroxyl groups is 1. The molecule has 7 heteroatoms. The molecule has 1 amide bonds. The molecule has 2 N–H and O–H groups in total. The summed E-state index contributed by atoms with van der Waals surface area (Å²) in [5, 5.41) is 18.0. The Kier molecular flexibility index (Phi) is 6.92. The molecule has 0 radical (unpaired) electrons. The van der Waals surface area contributed by atoms with E-state index in [0.717, 1.165) is 64.1 Å². The van der Waals surface area contributed by atoms with Gasteiger partial charge in [0.25, 0.3) is 5.91 Å². The third-order valence-electron chi connectivity index (χ3n) is 6.52. The number of piperidine rings is 2. The van der Waals surface area contributed by atoms with Gasteiger partial charge >= 0.3 is 0 Å². The van der Waals surface area contributed by atoms with Crippen molar-refractivity contribution in [3.63, 3.8) is 0 Å². The van der Waals surface area contributed by atoms with E-state index >= 15 is 0 Å². The highest BCUT2D eigenvalue weighted by molar-refractivity contribution is 5.94. The Bertz CT molecular complexity index is 871. The fraction of sp³-hybridized carbons (Fsp3) is 0.583. The van der Waals surface area contributed by atoms with E-state index in [-0.39, 0.29) is 12.0 Å². The first-order valence-electron chi connectivity index (χ1n) is 11.6. The lowest BCUT2D eigenvalue weighted by molar-refractivity contribution is 0.0474. The first kappa shape index (κ1) is 21.8. The number of β-amino-alcohol motifs (C(OH)–C–C–N with tert-alkyl or cyclic N) is 1. The normalized spacial score (nSPS) is 20.3. The van der Waals surface area contributed by atoms with Crippen molar-refractivity contribution in [3.8, 4) is 0 Å². The maximum absolute atomic E-state index is 12.7. The molecule has 0 saturated carbocycles. The number of nitrogens with one attached hydrogen (secondary N) is 1. The molecule has 0 bridgehead atoms. The third-order valence-corrected chi connectivity index (χ3v) is 6.52. The van der Waals surface area contributed by atoms with Crippen LogP contribution in [0.5, 0.6) is 0 Å². The number of hydrogen-bond donors (Lipinski definition) is 2. The van der Waals surface area contributed by atoms with E-state index in [1.54, 1.807) is 4.90 Å². The second kappa shape index (κ2) is 9.83. The van der Waals surface area contributed by atoms with Crippen LogP contribution < -0.4 is 10.2 Å². The van der Waals surface area contributed by atoms with Crippen LogP contribution in [0.15, 0.2) is 30.3 Å². The Labute approximate surface area is 185 Å². The smallest absolute Gasteiger partial charge is 0.253 e. The zero-order valence-electron chi connectivity index (χ0n) is 18.8. The highest BCUT2D eigenvalue weighted by Gasteiger charge is 2.24. The summed E-state index contributed by atoms with van der Waals surface area (Å²) in [4.78, 5) is 16.9. The molecule has 1 atom stereocenters. The number of benzene rings is 1. The van der Waals surface area contributed by atoms with E-state index in [1.165, 1.54) is 11.4 Å². The highest BCUT2D eigenvalue weighted by atomic mass is 16.3. The monoisotopic (exact) mass is 425 g/mol. The molecule has 31 heavy (non-hydrogen) atoms. The van der Waals surface area contributed by atoms with Crippen molar-refractivity contribution in [1.82, 2.24) is 20.0 Å². The van der Waals surface area contributed by atoms with Crippen molar-refractivity contribution in [3.05, 3.63) is 47.3 Å².